The molecule has 5 nitrogen and oxygen atoms in total. The van der Waals surface area contributed by atoms with Gasteiger partial charge in [0.15, 0.2) is 0 Å². The topological polar surface area (TPSA) is 80.3 Å². The monoisotopic (exact) mass is 267 g/mol. The number of sulfonamides is 1. The van der Waals surface area contributed by atoms with Crippen LogP contribution in [0.15, 0.2) is 0 Å². The lowest BCUT2D eigenvalue weighted by Crippen LogP contribution is -2.30. The van der Waals surface area contributed by atoms with E-state index >= 15 is 0 Å². The van der Waals surface area contributed by atoms with E-state index in [1.165, 1.54) is 0 Å². The van der Waals surface area contributed by atoms with Gasteiger partial charge in [-0.25, -0.2) is 21.6 Å². The molecule has 0 rings (SSSR count). The third-order valence-corrected chi connectivity index (χ3v) is 4.38. The zero-order valence-electron chi connectivity index (χ0n) is 9.27. The number of terminal acetylenes is 1. The molecule has 0 aromatic heterocycles. The Morgan fingerprint density at radius 2 is 1.75 bits per heavy atom. The standard InChI is InChI=1S/C9H17NO4S2/c1-3-4-5-6-7-10-16(13,14)9-8-15(2,11)12/h1,10H,4-9H2,2H3. The molecule has 0 aliphatic carbocycles. The number of unbranched alkanes of at least 4 members (excludes halogenated alkanes) is 2. The first-order valence-electron chi connectivity index (χ1n) is 4.85. The van der Waals surface area contributed by atoms with Gasteiger partial charge in [-0.2, -0.15) is 0 Å². The minimum Gasteiger partial charge on any atom is -0.229 e. The summed E-state index contributed by atoms with van der Waals surface area (Å²) in [6.07, 6.45) is 8.07. The SMILES string of the molecule is C#CCCCCNS(=O)(=O)CCS(C)(=O)=O. The number of hydrogen-bond acceptors (Lipinski definition) is 4. The summed E-state index contributed by atoms with van der Waals surface area (Å²) >= 11 is 0. The smallest absolute Gasteiger partial charge is 0.212 e. The van der Waals surface area contributed by atoms with Crippen LogP contribution >= 0.6 is 0 Å². The molecule has 0 aromatic rings. The zero-order valence-corrected chi connectivity index (χ0v) is 10.9. The van der Waals surface area contributed by atoms with Gasteiger partial charge in [0, 0.05) is 19.2 Å². The minimum absolute atomic E-state index is 0.299. The van der Waals surface area contributed by atoms with Crippen LogP contribution in [0.1, 0.15) is 19.3 Å². The van der Waals surface area contributed by atoms with Crippen molar-refractivity contribution in [2.24, 2.45) is 0 Å². The van der Waals surface area contributed by atoms with E-state index in [2.05, 4.69) is 10.6 Å². The molecular weight excluding hydrogens is 250 g/mol. The highest BCUT2D eigenvalue weighted by Crippen LogP contribution is 1.94. The van der Waals surface area contributed by atoms with E-state index in [0.717, 1.165) is 12.7 Å². The average molecular weight is 267 g/mol. The van der Waals surface area contributed by atoms with Gasteiger partial charge in [-0.15, -0.1) is 12.3 Å². The van der Waals surface area contributed by atoms with Crippen molar-refractivity contribution in [3.8, 4) is 12.3 Å². The summed E-state index contributed by atoms with van der Waals surface area (Å²) in [5, 5.41) is 0. The van der Waals surface area contributed by atoms with Crippen LogP contribution in [0.2, 0.25) is 0 Å². The molecule has 7 heteroatoms. The van der Waals surface area contributed by atoms with Gasteiger partial charge in [-0.05, 0) is 12.8 Å². The van der Waals surface area contributed by atoms with Crippen LogP contribution in [0.4, 0.5) is 0 Å². The predicted octanol–water partition coefficient (Wildman–Crippen LogP) is -0.246. The van der Waals surface area contributed by atoms with E-state index in [1.54, 1.807) is 0 Å². The molecule has 0 aromatic carbocycles. The largest absolute Gasteiger partial charge is 0.229 e. The quantitative estimate of drug-likeness (QED) is 0.486. The second-order valence-electron chi connectivity index (χ2n) is 3.50. The fourth-order valence-corrected chi connectivity index (χ4v) is 3.60. The van der Waals surface area contributed by atoms with E-state index in [1.807, 2.05) is 0 Å². The molecule has 16 heavy (non-hydrogen) atoms. The highest BCUT2D eigenvalue weighted by molar-refractivity contribution is 7.93. The van der Waals surface area contributed by atoms with Crippen molar-refractivity contribution in [3.05, 3.63) is 0 Å². The molecule has 0 fully saturated rings. The third kappa shape index (κ3) is 9.96. The first-order chi connectivity index (χ1) is 7.27. The van der Waals surface area contributed by atoms with Gasteiger partial charge in [0.2, 0.25) is 10.0 Å². The molecule has 0 bridgehead atoms. The van der Waals surface area contributed by atoms with E-state index < -0.39 is 19.9 Å². The third-order valence-electron chi connectivity index (χ3n) is 1.79. The second-order valence-corrected chi connectivity index (χ2v) is 7.69. The molecule has 0 aliphatic heterocycles. The fourth-order valence-electron chi connectivity index (χ4n) is 0.913. The first kappa shape index (κ1) is 15.4. The molecule has 0 spiro atoms. The Kier molecular flexibility index (Phi) is 6.64. The van der Waals surface area contributed by atoms with Crippen molar-refractivity contribution in [1.82, 2.24) is 4.72 Å². The molecule has 0 heterocycles. The zero-order chi connectivity index (χ0) is 12.7. The molecule has 0 saturated carbocycles. The van der Waals surface area contributed by atoms with Crippen LogP contribution in [0.3, 0.4) is 0 Å². The van der Waals surface area contributed by atoms with Gasteiger partial charge in [0.05, 0.1) is 11.5 Å². The Bertz CT molecular complexity index is 431. The second kappa shape index (κ2) is 6.89. The van der Waals surface area contributed by atoms with Crippen LogP contribution in [-0.2, 0) is 19.9 Å². The lowest BCUT2D eigenvalue weighted by Gasteiger charge is -2.05. The number of rotatable bonds is 8. The molecule has 0 aliphatic rings. The first-order valence-corrected chi connectivity index (χ1v) is 8.56. The van der Waals surface area contributed by atoms with Crippen molar-refractivity contribution in [1.29, 1.82) is 0 Å². The maximum atomic E-state index is 11.3. The molecule has 94 valence electrons. The molecule has 0 amide bonds. The van der Waals surface area contributed by atoms with Gasteiger partial charge in [0.1, 0.15) is 9.84 Å². The normalized spacial score (nSPS) is 12.2. The maximum absolute atomic E-state index is 11.3. The van der Waals surface area contributed by atoms with Crippen molar-refractivity contribution < 1.29 is 16.8 Å². The van der Waals surface area contributed by atoms with E-state index in [0.29, 0.717) is 19.4 Å². The Morgan fingerprint density at radius 1 is 1.12 bits per heavy atom. The van der Waals surface area contributed by atoms with E-state index in [4.69, 9.17) is 6.42 Å². The van der Waals surface area contributed by atoms with Gasteiger partial charge in [-0.3, -0.25) is 0 Å². The number of hydrogen-bond donors (Lipinski definition) is 1. The van der Waals surface area contributed by atoms with Crippen molar-refractivity contribution in [2.45, 2.75) is 19.3 Å². The summed E-state index contributed by atoms with van der Waals surface area (Å²) in [6, 6.07) is 0. The number of nitrogens with one attached hydrogen (secondary N) is 1. The number of sulfone groups is 1. The van der Waals surface area contributed by atoms with Crippen LogP contribution in [-0.4, -0.2) is 41.1 Å². The van der Waals surface area contributed by atoms with Crippen LogP contribution in [0.5, 0.6) is 0 Å². The van der Waals surface area contributed by atoms with Crippen LogP contribution < -0.4 is 4.72 Å². The lowest BCUT2D eigenvalue weighted by molar-refractivity contribution is 0.575. The average Bonchev–Trinajstić information content (AvgIpc) is 2.14. The Morgan fingerprint density at radius 3 is 2.25 bits per heavy atom. The highest BCUT2D eigenvalue weighted by atomic mass is 32.2. The Balaban J connectivity index is 3.85. The summed E-state index contributed by atoms with van der Waals surface area (Å²) in [6.45, 7) is 0.299. The van der Waals surface area contributed by atoms with Gasteiger partial charge >= 0.3 is 0 Å². The van der Waals surface area contributed by atoms with E-state index in [9.17, 15) is 16.8 Å². The summed E-state index contributed by atoms with van der Waals surface area (Å²) in [4.78, 5) is 0. The minimum atomic E-state index is -3.48. The molecular formula is C9H17NO4S2. The summed E-state index contributed by atoms with van der Waals surface area (Å²) in [5.41, 5.74) is 0. The molecule has 0 saturated heterocycles. The lowest BCUT2D eigenvalue weighted by atomic mass is 10.2. The fraction of sp³-hybridized carbons (Fsp3) is 0.778. The van der Waals surface area contributed by atoms with Crippen molar-refractivity contribution >= 4 is 19.9 Å². The Labute approximate surface area is 97.6 Å². The van der Waals surface area contributed by atoms with Crippen molar-refractivity contribution in [2.75, 3.05) is 24.3 Å². The highest BCUT2D eigenvalue weighted by Gasteiger charge is 2.13. The van der Waals surface area contributed by atoms with Gasteiger partial charge in [0.25, 0.3) is 0 Å². The Hall–Kier alpha value is -0.580. The summed E-state index contributed by atoms with van der Waals surface area (Å²) in [7, 11) is -6.73. The molecule has 0 radical (unpaired) electrons. The summed E-state index contributed by atoms with van der Waals surface area (Å²) in [5.74, 6) is 1.71. The van der Waals surface area contributed by atoms with Gasteiger partial charge in [-0.1, -0.05) is 0 Å². The van der Waals surface area contributed by atoms with E-state index in [-0.39, 0.29) is 11.5 Å². The predicted molar refractivity (Wildman–Crippen MR) is 64.2 cm³/mol. The molecule has 0 atom stereocenters. The van der Waals surface area contributed by atoms with Crippen LogP contribution in [0.25, 0.3) is 0 Å². The maximum Gasteiger partial charge on any atom is 0.212 e. The van der Waals surface area contributed by atoms with Gasteiger partial charge < -0.3 is 0 Å². The van der Waals surface area contributed by atoms with Crippen molar-refractivity contribution in [3.63, 3.8) is 0 Å². The molecule has 1 N–H and O–H groups in total. The molecule has 0 unspecified atom stereocenters. The van der Waals surface area contributed by atoms with Crippen LogP contribution in [0, 0.1) is 12.3 Å². The summed E-state index contributed by atoms with van der Waals surface area (Å²) < 4.78 is 46.5.